The van der Waals surface area contributed by atoms with E-state index in [2.05, 4.69) is 27.6 Å². The third kappa shape index (κ3) is 4.18. The number of hydrogen-bond donors (Lipinski definition) is 2. The Morgan fingerprint density at radius 2 is 2.00 bits per heavy atom. The molecule has 1 aliphatic carbocycles. The van der Waals surface area contributed by atoms with Gasteiger partial charge >= 0.3 is 0 Å². The number of benzene rings is 1. The van der Waals surface area contributed by atoms with Gasteiger partial charge in [-0.05, 0) is 55.0 Å². The highest BCUT2D eigenvalue weighted by molar-refractivity contribution is 5.79. The van der Waals surface area contributed by atoms with Gasteiger partial charge in [-0.3, -0.25) is 4.99 Å². The molecule has 1 heterocycles. The molecule has 1 aliphatic rings. The molecule has 2 aromatic rings. The SMILES string of the molecule is CCC1(CNC(=NC)NCc2ccn(-c3ccc(OC)cc3)n2)CCC1. The third-order valence-corrected chi connectivity index (χ3v) is 5.44. The molecule has 1 fully saturated rings. The Morgan fingerprint density at radius 1 is 1.23 bits per heavy atom. The van der Waals surface area contributed by atoms with E-state index >= 15 is 0 Å². The van der Waals surface area contributed by atoms with Gasteiger partial charge in [0, 0.05) is 19.8 Å². The maximum atomic E-state index is 5.19. The van der Waals surface area contributed by atoms with Crippen LogP contribution in [0.4, 0.5) is 0 Å². The van der Waals surface area contributed by atoms with Crippen LogP contribution in [0.2, 0.25) is 0 Å². The van der Waals surface area contributed by atoms with Crippen LogP contribution in [0.25, 0.3) is 5.69 Å². The van der Waals surface area contributed by atoms with E-state index in [9.17, 15) is 0 Å². The van der Waals surface area contributed by atoms with Gasteiger partial charge in [0.05, 0.1) is 25.0 Å². The fourth-order valence-corrected chi connectivity index (χ4v) is 3.33. The molecule has 0 atom stereocenters. The summed E-state index contributed by atoms with van der Waals surface area (Å²) in [5, 5.41) is 11.5. The topological polar surface area (TPSA) is 63.5 Å². The Morgan fingerprint density at radius 3 is 2.58 bits per heavy atom. The molecule has 0 bridgehead atoms. The molecule has 26 heavy (non-hydrogen) atoms. The minimum Gasteiger partial charge on any atom is -0.497 e. The van der Waals surface area contributed by atoms with Crippen LogP contribution in [0.3, 0.4) is 0 Å². The van der Waals surface area contributed by atoms with E-state index in [0.29, 0.717) is 12.0 Å². The zero-order valence-corrected chi connectivity index (χ0v) is 16.0. The van der Waals surface area contributed by atoms with Crippen LogP contribution in [-0.2, 0) is 6.54 Å². The van der Waals surface area contributed by atoms with Crippen LogP contribution in [0, 0.1) is 5.41 Å². The van der Waals surface area contributed by atoms with Crippen molar-refractivity contribution in [1.82, 2.24) is 20.4 Å². The predicted molar refractivity (Wildman–Crippen MR) is 105 cm³/mol. The Labute approximate surface area is 155 Å². The monoisotopic (exact) mass is 355 g/mol. The van der Waals surface area contributed by atoms with Crippen LogP contribution in [0.5, 0.6) is 5.75 Å². The van der Waals surface area contributed by atoms with Crippen molar-refractivity contribution in [2.24, 2.45) is 10.4 Å². The van der Waals surface area contributed by atoms with Gasteiger partial charge in [-0.25, -0.2) is 4.68 Å². The van der Waals surface area contributed by atoms with Crippen molar-refractivity contribution in [3.05, 3.63) is 42.2 Å². The van der Waals surface area contributed by atoms with Crippen LogP contribution in [0.15, 0.2) is 41.5 Å². The summed E-state index contributed by atoms with van der Waals surface area (Å²) < 4.78 is 7.06. The summed E-state index contributed by atoms with van der Waals surface area (Å²) in [6.45, 7) is 3.91. The molecule has 0 aliphatic heterocycles. The number of methoxy groups -OCH3 is 1. The number of rotatable bonds is 7. The van der Waals surface area contributed by atoms with E-state index in [1.165, 1.54) is 25.7 Å². The Kier molecular flexibility index (Phi) is 5.81. The minimum absolute atomic E-state index is 0.466. The van der Waals surface area contributed by atoms with Crippen LogP contribution in [-0.4, -0.2) is 36.4 Å². The van der Waals surface area contributed by atoms with Crippen molar-refractivity contribution in [3.63, 3.8) is 0 Å². The molecule has 0 spiro atoms. The third-order valence-electron chi connectivity index (χ3n) is 5.44. The molecule has 0 amide bonds. The van der Waals surface area contributed by atoms with Crippen molar-refractivity contribution < 1.29 is 4.74 Å². The molecule has 1 saturated carbocycles. The lowest BCUT2D eigenvalue weighted by Crippen LogP contribution is -2.46. The van der Waals surface area contributed by atoms with E-state index in [-0.39, 0.29) is 0 Å². The lowest BCUT2D eigenvalue weighted by molar-refractivity contribution is 0.131. The first-order valence-electron chi connectivity index (χ1n) is 9.31. The number of aliphatic imine (C=N–C) groups is 1. The van der Waals surface area contributed by atoms with Crippen LogP contribution in [0.1, 0.15) is 38.3 Å². The van der Waals surface area contributed by atoms with Gasteiger partial charge in [-0.1, -0.05) is 13.3 Å². The zero-order valence-electron chi connectivity index (χ0n) is 16.0. The van der Waals surface area contributed by atoms with Crippen molar-refractivity contribution in [2.45, 2.75) is 39.2 Å². The molecule has 1 aromatic heterocycles. The molecule has 0 unspecified atom stereocenters. The molecular weight excluding hydrogens is 326 g/mol. The second kappa shape index (κ2) is 8.25. The van der Waals surface area contributed by atoms with E-state index in [1.807, 2.05) is 48.3 Å². The maximum absolute atomic E-state index is 5.19. The summed E-state index contributed by atoms with van der Waals surface area (Å²) in [4.78, 5) is 4.33. The first-order valence-corrected chi connectivity index (χ1v) is 9.31. The molecule has 0 saturated heterocycles. The summed E-state index contributed by atoms with van der Waals surface area (Å²) >= 11 is 0. The van der Waals surface area contributed by atoms with Gasteiger partial charge in [0.15, 0.2) is 5.96 Å². The average Bonchev–Trinajstić information content (AvgIpc) is 3.12. The molecular formula is C20H29N5O. The van der Waals surface area contributed by atoms with Crippen molar-refractivity contribution in [1.29, 1.82) is 0 Å². The van der Waals surface area contributed by atoms with E-state index in [0.717, 1.165) is 29.6 Å². The van der Waals surface area contributed by atoms with E-state index in [4.69, 9.17) is 4.74 Å². The lowest BCUT2D eigenvalue weighted by Gasteiger charge is -2.41. The smallest absolute Gasteiger partial charge is 0.191 e. The highest BCUT2D eigenvalue weighted by Crippen LogP contribution is 2.42. The number of nitrogens with one attached hydrogen (secondary N) is 2. The first kappa shape index (κ1) is 18.3. The van der Waals surface area contributed by atoms with E-state index in [1.54, 1.807) is 7.11 Å². The first-order chi connectivity index (χ1) is 12.7. The van der Waals surface area contributed by atoms with Crippen molar-refractivity contribution >= 4 is 5.96 Å². The molecule has 0 radical (unpaired) electrons. The Balaban J connectivity index is 1.53. The van der Waals surface area contributed by atoms with Gasteiger partial charge < -0.3 is 15.4 Å². The number of guanidine groups is 1. The van der Waals surface area contributed by atoms with Crippen molar-refractivity contribution in [2.75, 3.05) is 20.7 Å². The Hall–Kier alpha value is -2.50. The highest BCUT2D eigenvalue weighted by atomic mass is 16.5. The quantitative estimate of drug-likeness (QED) is 0.592. The number of hydrogen-bond acceptors (Lipinski definition) is 3. The minimum atomic E-state index is 0.466. The van der Waals surface area contributed by atoms with Gasteiger partial charge in [0.1, 0.15) is 5.75 Å². The fourth-order valence-electron chi connectivity index (χ4n) is 3.33. The summed E-state index contributed by atoms with van der Waals surface area (Å²) in [5.41, 5.74) is 2.44. The summed E-state index contributed by atoms with van der Waals surface area (Å²) in [6.07, 6.45) is 7.18. The fraction of sp³-hybridized carbons (Fsp3) is 0.500. The summed E-state index contributed by atoms with van der Waals surface area (Å²) in [5.74, 6) is 1.68. The number of nitrogens with zero attached hydrogens (tertiary/aromatic N) is 3. The van der Waals surface area contributed by atoms with Crippen LogP contribution < -0.4 is 15.4 Å². The molecule has 6 nitrogen and oxygen atoms in total. The largest absolute Gasteiger partial charge is 0.497 e. The normalized spacial score (nSPS) is 16.0. The highest BCUT2D eigenvalue weighted by Gasteiger charge is 2.34. The molecule has 6 heteroatoms. The second-order valence-electron chi connectivity index (χ2n) is 6.94. The van der Waals surface area contributed by atoms with Gasteiger partial charge in [0.2, 0.25) is 0 Å². The summed E-state index contributed by atoms with van der Waals surface area (Å²) in [6, 6.07) is 9.87. The molecule has 2 N–H and O–H groups in total. The maximum Gasteiger partial charge on any atom is 0.191 e. The number of ether oxygens (including phenoxy) is 1. The Bertz CT molecular complexity index is 725. The number of aromatic nitrogens is 2. The van der Waals surface area contributed by atoms with E-state index < -0.39 is 0 Å². The second-order valence-corrected chi connectivity index (χ2v) is 6.94. The molecule has 3 rings (SSSR count). The van der Waals surface area contributed by atoms with Gasteiger partial charge in [-0.2, -0.15) is 5.10 Å². The molecule has 140 valence electrons. The molecule has 1 aromatic carbocycles. The standard InChI is InChI=1S/C20H29N5O/c1-4-20(11-5-12-20)15-23-19(21-2)22-14-16-10-13-25(24-16)17-6-8-18(26-3)9-7-17/h6-10,13H,4-5,11-12,14-15H2,1-3H3,(H2,21,22,23). The van der Waals surface area contributed by atoms with Crippen molar-refractivity contribution in [3.8, 4) is 11.4 Å². The predicted octanol–water partition coefficient (Wildman–Crippen LogP) is 3.13. The van der Waals surface area contributed by atoms with Crippen LogP contribution >= 0.6 is 0 Å². The lowest BCUT2D eigenvalue weighted by atomic mass is 9.67. The van der Waals surface area contributed by atoms with Gasteiger partial charge in [0.25, 0.3) is 0 Å². The average molecular weight is 355 g/mol. The summed E-state index contributed by atoms with van der Waals surface area (Å²) in [7, 11) is 3.48. The van der Waals surface area contributed by atoms with Gasteiger partial charge in [-0.15, -0.1) is 0 Å². The zero-order chi connectivity index (χ0) is 18.4.